The minimum Gasteiger partial charge on any atom is -0.396 e. The van der Waals surface area contributed by atoms with Crippen molar-refractivity contribution in [2.45, 2.75) is 70.4 Å². The van der Waals surface area contributed by atoms with Gasteiger partial charge < -0.3 is 5.11 Å². The molecule has 16 heavy (non-hydrogen) atoms. The van der Waals surface area contributed by atoms with Crippen LogP contribution in [0.1, 0.15) is 58.3 Å². The molecule has 0 aromatic rings. The standard InChI is InChI=1S/C14H27NO/c1-12-11-13-7-3-4-8-14(13)15(12)9-5-2-6-10-16/h12-14,16H,2-11H2,1H3/t12-,13+,14+/m1/s1. The maximum absolute atomic E-state index is 8.78. The van der Waals surface area contributed by atoms with Crippen LogP contribution in [0, 0.1) is 5.92 Å². The van der Waals surface area contributed by atoms with E-state index in [1.165, 1.54) is 51.5 Å². The SMILES string of the molecule is C[C@@H]1C[C@@H]2CCCC[C@@H]2N1CCCCCO. The Hall–Kier alpha value is -0.0800. The number of nitrogens with zero attached hydrogens (tertiary/aromatic N) is 1. The van der Waals surface area contributed by atoms with Gasteiger partial charge in [-0.25, -0.2) is 0 Å². The Morgan fingerprint density at radius 1 is 1.12 bits per heavy atom. The maximum atomic E-state index is 8.78. The van der Waals surface area contributed by atoms with Gasteiger partial charge in [0.15, 0.2) is 0 Å². The van der Waals surface area contributed by atoms with E-state index < -0.39 is 0 Å². The zero-order valence-electron chi connectivity index (χ0n) is 10.7. The van der Waals surface area contributed by atoms with Crippen molar-refractivity contribution >= 4 is 0 Å². The summed E-state index contributed by atoms with van der Waals surface area (Å²) in [7, 11) is 0. The van der Waals surface area contributed by atoms with E-state index in [2.05, 4.69) is 11.8 Å². The van der Waals surface area contributed by atoms with E-state index in [1.54, 1.807) is 0 Å². The molecule has 2 heteroatoms. The normalized spacial score (nSPS) is 35.2. The van der Waals surface area contributed by atoms with Crippen molar-refractivity contribution in [1.82, 2.24) is 4.90 Å². The summed E-state index contributed by atoms with van der Waals surface area (Å²) in [5.41, 5.74) is 0. The first-order chi connectivity index (χ1) is 7.83. The van der Waals surface area contributed by atoms with Gasteiger partial charge in [-0.3, -0.25) is 4.90 Å². The lowest BCUT2D eigenvalue weighted by atomic mass is 9.85. The maximum Gasteiger partial charge on any atom is 0.0431 e. The summed E-state index contributed by atoms with van der Waals surface area (Å²) >= 11 is 0. The molecule has 2 aliphatic rings. The van der Waals surface area contributed by atoms with Gasteiger partial charge in [0.05, 0.1) is 0 Å². The van der Waals surface area contributed by atoms with E-state index in [0.29, 0.717) is 6.61 Å². The summed E-state index contributed by atoms with van der Waals surface area (Å²) in [5, 5.41) is 8.78. The molecular weight excluding hydrogens is 198 g/mol. The molecular formula is C14H27NO. The highest BCUT2D eigenvalue weighted by molar-refractivity contribution is 4.93. The number of unbranched alkanes of at least 4 members (excludes halogenated alkanes) is 2. The molecule has 2 nitrogen and oxygen atoms in total. The van der Waals surface area contributed by atoms with E-state index in [0.717, 1.165) is 24.4 Å². The van der Waals surface area contributed by atoms with Crippen molar-refractivity contribution in [2.75, 3.05) is 13.2 Å². The Balaban J connectivity index is 1.78. The second kappa shape index (κ2) is 6.02. The first kappa shape index (κ1) is 12.4. The number of hydrogen-bond donors (Lipinski definition) is 1. The van der Waals surface area contributed by atoms with Crippen molar-refractivity contribution in [1.29, 1.82) is 0 Å². The summed E-state index contributed by atoms with van der Waals surface area (Å²) in [6.45, 7) is 4.04. The van der Waals surface area contributed by atoms with Gasteiger partial charge in [-0.05, 0) is 57.9 Å². The fourth-order valence-corrected chi connectivity index (χ4v) is 3.77. The van der Waals surface area contributed by atoms with E-state index in [9.17, 15) is 0 Å². The van der Waals surface area contributed by atoms with Crippen molar-refractivity contribution in [3.8, 4) is 0 Å². The van der Waals surface area contributed by atoms with Crippen molar-refractivity contribution < 1.29 is 5.11 Å². The van der Waals surface area contributed by atoms with Gasteiger partial charge in [0.2, 0.25) is 0 Å². The molecule has 0 radical (unpaired) electrons. The van der Waals surface area contributed by atoms with E-state index >= 15 is 0 Å². The number of hydrogen-bond acceptors (Lipinski definition) is 2. The third-order valence-corrected chi connectivity index (χ3v) is 4.58. The monoisotopic (exact) mass is 225 g/mol. The number of rotatable bonds is 5. The summed E-state index contributed by atoms with van der Waals surface area (Å²) in [6, 6.07) is 1.71. The van der Waals surface area contributed by atoms with Crippen LogP contribution >= 0.6 is 0 Å². The molecule has 0 amide bonds. The summed E-state index contributed by atoms with van der Waals surface area (Å²) in [5.74, 6) is 1.00. The highest BCUT2D eigenvalue weighted by atomic mass is 16.2. The molecule has 2 fully saturated rings. The summed E-state index contributed by atoms with van der Waals surface area (Å²) in [4.78, 5) is 2.77. The second-order valence-electron chi connectivity index (χ2n) is 5.72. The molecule has 0 bridgehead atoms. The number of fused-ring (bicyclic) bond motifs is 1. The molecule has 1 heterocycles. The van der Waals surface area contributed by atoms with E-state index in [-0.39, 0.29) is 0 Å². The van der Waals surface area contributed by atoms with Crippen molar-refractivity contribution in [3.05, 3.63) is 0 Å². The first-order valence-corrected chi connectivity index (χ1v) is 7.19. The number of aliphatic hydroxyl groups is 1. The lowest BCUT2D eigenvalue weighted by Crippen LogP contribution is -2.38. The number of likely N-dealkylation sites (tertiary alicyclic amines) is 1. The Labute approximate surface area is 100 Å². The van der Waals surface area contributed by atoms with Crippen LogP contribution in [0.15, 0.2) is 0 Å². The van der Waals surface area contributed by atoms with Gasteiger partial charge in [0.1, 0.15) is 0 Å². The zero-order valence-corrected chi connectivity index (χ0v) is 10.7. The molecule has 0 unspecified atom stereocenters. The predicted octanol–water partition coefficient (Wildman–Crippen LogP) is 2.80. The fraction of sp³-hybridized carbons (Fsp3) is 1.00. The van der Waals surface area contributed by atoms with Gasteiger partial charge in [-0.2, -0.15) is 0 Å². The highest BCUT2D eigenvalue weighted by Gasteiger charge is 2.39. The van der Waals surface area contributed by atoms with Crippen LogP contribution in [-0.2, 0) is 0 Å². The third kappa shape index (κ3) is 2.78. The van der Waals surface area contributed by atoms with Crippen LogP contribution in [0.25, 0.3) is 0 Å². The molecule has 2 rings (SSSR count). The molecule has 3 atom stereocenters. The smallest absolute Gasteiger partial charge is 0.0431 e. The number of aliphatic hydroxyl groups excluding tert-OH is 1. The van der Waals surface area contributed by atoms with Gasteiger partial charge in [-0.15, -0.1) is 0 Å². The van der Waals surface area contributed by atoms with Crippen LogP contribution in [0.4, 0.5) is 0 Å². The van der Waals surface area contributed by atoms with Gasteiger partial charge >= 0.3 is 0 Å². The largest absolute Gasteiger partial charge is 0.396 e. The lowest BCUT2D eigenvalue weighted by Gasteiger charge is -2.33. The van der Waals surface area contributed by atoms with Crippen LogP contribution in [0.5, 0.6) is 0 Å². The Morgan fingerprint density at radius 3 is 2.75 bits per heavy atom. The summed E-state index contributed by atoms with van der Waals surface area (Å²) < 4.78 is 0. The van der Waals surface area contributed by atoms with E-state index in [4.69, 9.17) is 5.11 Å². The average molecular weight is 225 g/mol. The summed E-state index contributed by atoms with van der Waals surface area (Å²) in [6.07, 6.45) is 10.7. The molecule has 0 aromatic carbocycles. The predicted molar refractivity (Wildman–Crippen MR) is 67.5 cm³/mol. The topological polar surface area (TPSA) is 23.5 Å². The van der Waals surface area contributed by atoms with Gasteiger partial charge in [0, 0.05) is 18.7 Å². The van der Waals surface area contributed by atoms with E-state index in [1.807, 2.05) is 0 Å². The van der Waals surface area contributed by atoms with Gasteiger partial charge in [0.25, 0.3) is 0 Å². The van der Waals surface area contributed by atoms with Crippen molar-refractivity contribution in [3.63, 3.8) is 0 Å². The quantitative estimate of drug-likeness (QED) is 0.727. The molecule has 0 spiro atoms. The van der Waals surface area contributed by atoms with Gasteiger partial charge in [-0.1, -0.05) is 12.8 Å². The van der Waals surface area contributed by atoms with Crippen LogP contribution in [-0.4, -0.2) is 35.2 Å². The minimum absolute atomic E-state index is 0.363. The Kier molecular flexibility index (Phi) is 4.66. The van der Waals surface area contributed by atoms with Crippen LogP contribution in [0.2, 0.25) is 0 Å². The van der Waals surface area contributed by atoms with Crippen LogP contribution < -0.4 is 0 Å². The van der Waals surface area contributed by atoms with Crippen LogP contribution in [0.3, 0.4) is 0 Å². The first-order valence-electron chi connectivity index (χ1n) is 7.19. The second-order valence-corrected chi connectivity index (χ2v) is 5.72. The molecule has 94 valence electrons. The fourth-order valence-electron chi connectivity index (χ4n) is 3.77. The molecule has 1 saturated heterocycles. The Morgan fingerprint density at radius 2 is 1.94 bits per heavy atom. The molecule has 1 saturated carbocycles. The van der Waals surface area contributed by atoms with Crippen molar-refractivity contribution in [2.24, 2.45) is 5.92 Å². The molecule has 1 aliphatic carbocycles. The highest BCUT2D eigenvalue weighted by Crippen LogP contribution is 2.39. The lowest BCUT2D eigenvalue weighted by molar-refractivity contribution is 0.152. The third-order valence-electron chi connectivity index (χ3n) is 4.58. The molecule has 1 aliphatic heterocycles. The zero-order chi connectivity index (χ0) is 11.4. The minimum atomic E-state index is 0.363. The average Bonchev–Trinajstić information content (AvgIpc) is 2.61. The molecule has 1 N–H and O–H groups in total. The Bertz CT molecular complexity index is 207. The molecule has 0 aromatic heterocycles.